The van der Waals surface area contributed by atoms with E-state index in [0.717, 1.165) is 11.7 Å². The average molecular weight is 451 g/mol. The minimum atomic E-state index is -0.370. The van der Waals surface area contributed by atoms with Crippen molar-refractivity contribution in [1.82, 2.24) is 8.75 Å². The number of nitrogens with one attached hydrogen (secondary N) is 1. The lowest BCUT2D eigenvalue weighted by molar-refractivity contribution is -0.111. The number of nitrogens with zero attached hydrogens (tertiary/aromatic N) is 2. The largest absolute Gasteiger partial charge is 0.457 e. The maximum absolute atomic E-state index is 12.3. The number of furan rings is 1. The summed E-state index contributed by atoms with van der Waals surface area (Å²) in [6.45, 7) is 0. The van der Waals surface area contributed by atoms with Crippen molar-refractivity contribution in [2.45, 2.75) is 0 Å². The van der Waals surface area contributed by atoms with Gasteiger partial charge in [0, 0.05) is 16.7 Å². The number of rotatable bonds is 4. The van der Waals surface area contributed by atoms with Crippen LogP contribution in [0.15, 0.2) is 53.0 Å². The highest BCUT2D eigenvalue weighted by atomic mass is 35.5. The summed E-state index contributed by atoms with van der Waals surface area (Å²) < 4.78 is 14.0. The Balaban J connectivity index is 1.51. The fourth-order valence-corrected chi connectivity index (χ4v) is 3.79. The molecule has 0 fully saturated rings. The Labute approximate surface area is 178 Å². The molecule has 4 rings (SSSR count). The fourth-order valence-electron chi connectivity index (χ4n) is 2.54. The normalized spacial score (nSPS) is 11.4. The van der Waals surface area contributed by atoms with Crippen LogP contribution in [0, 0.1) is 0 Å². The van der Waals surface area contributed by atoms with E-state index in [2.05, 4.69) is 14.1 Å². The van der Waals surface area contributed by atoms with Crippen LogP contribution in [0.3, 0.4) is 0 Å². The van der Waals surface area contributed by atoms with Crippen molar-refractivity contribution in [2.75, 3.05) is 5.32 Å². The van der Waals surface area contributed by atoms with E-state index < -0.39 is 0 Å². The summed E-state index contributed by atoms with van der Waals surface area (Å²) in [7, 11) is 0. The molecule has 1 N–H and O–H groups in total. The van der Waals surface area contributed by atoms with Gasteiger partial charge < -0.3 is 9.73 Å². The van der Waals surface area contributed by atoms with Crippen molar-refractivity contribution >= 4 is 75.2 Å². The number of benzene rings is 2. The molecule has 1 amide bonds. The number of aromatic nitrogens is 2. The molecule has 0 unspecified atom stereocenters. The summed E-state index contributed by atoms with van der Waals surface area (Å²) in [6.07, 6.45) is 2.90. The van der Waals surface area contributed by atoms with Crippen LogP contribution in [0.5, 0.6) is 0 Å². The molecule has 2 aromatic heterocycles. The second-order valence-electron chi connectivity index (χ2n) is 5.70. The van der Waals surface area contributed by atoms with Crippen LogP contribution in [0.25, 0.3) is 28.4 Å². The Bertz CT molecular complexity index is 1220. The Morgan fingerprint density at radius 1 is 1.04 bits per heavy atom. The second kappa shape index (κ2) is 7.93. The van der Waals surface area contributed by atoms with Gasteiger partial charge in [-0.3, -0.25) is 4.79 Å². The molecule has 0 radical (unpaired) electrons. The Morgan fingerprint density at radius 2 is 1.89 bits per heavy atom. The number of halogens is 3. The van der Waals surface area contributed by atoms with Crippen molar-refractivity contribution in [2.24, 2.45) is 0 Å². The number of amides is 1. The molecule has 0 saturated carbocycles. The first-order chi connectivity index (χ1) is 13.5. The highest BCUT2D eigenvalue weighted by molar-refractivity contribution is 7.00. The van der Waals surface area contributed by atoms with Gasteiger partial charge in [-0.15, -0.1) is 0 Å². The third-order valence-electron chi connectivity index (χ3n) is 3.85. The van der Waals surface area contributed by atoms with E-state index in [1.807, 2.05) is 0 Å². The predicted molar refractivity (Wildman–Crippen MR) is 114 cm³/mol. The molecule has 0 spiro atoms. The molecule has 4 aromatic rings. The molecule has 0 atom stereocenters. The molecule has 5 nitrogen and oxygen atoms in total. The molecule has 2 aromatic carbocycles. The zero-order chi connectivity index (χ0) is 19.7. The Morgan fingerprint density at radius 3 is 2.71 bits per heavy atom. The van der Waals surface area contributed by atoms with Crippen LogP contribution in [0.1, 0.15) is 5.76 Å². The fraction of sp³-hybridized carbons (Fsp3) is 0. The van der Waals surface area contributed by atoms with Gasteiger partial charge in [-0.1, -0.05) is 34.8 Å². The molecule has 0 aliphatic rings. The summed E-state index contributed by atoms with van der Waals surface area (Å²) in [6, 6.07) is 12.1. The highest BCUT2D eigenvalue weighted by Crippen LogP contribution is 2.32. The molecular formula is C19H10Cl3N3O2S. The average Bonchev–Trinajstić information content (AvgIpc) is 3.32. The van der Waals surface area contributed by atoms with Crippen LogP contribution < -0.4 is 5.32 Å². The lowest BCUT2D eigenvalue weighted by Crippen LogP contribution is -2.08. The molecule has 140 valence electrons. The van der Waals surface area contributed by atoms with Gasteiger partial charge in [-0.25, -0.2) is 0 Å². The van der Waals surface area contributed by atoms with E-state index in [9.17, 15) is 4.79 Å². The van der Waals surface area contributed by atoms with Gasteiger partial charge in [0.2, 0.25) is 5.91 Å². The zero-order valence-corrected chi connectivity index (χ0v) is 17.0. The molecule has 0 bridgehead atoms. The first-order valence-electron chi connectivity index (χ1n) is 7.96. The Kier molecular flexibility index (Phi) is 5.37. The van der Waals surface area contributed by atoms with Crippen molar-refractivity contribution in [1.29, 1.82) is 0 Å². The summed E-state index contributed by atoms with van der Waals surface area (Å²) in [5.41, 5.74) is 2.36. The summed E-state index contributed by atoms with van der Waals surface area (Å²) >= 11 is 19.3. The number of hydrogen-bond acceptors (Lipinski definition) is 5. The van der Waals surface area contributed by atoms with E-state index >= 15 is 0 Å². The summed E-state index contributed by atoms with van der Waals surface area (Å²) in [5, 5.41) is 4.14. The maximum Gasteiger partial charge on any atom is 0.248 e. The Hall–Kier alpha value is -2.38. The van der Waals surface area contributed by atoms with Gasteiger partial charge in [0.15, 0.2) is 0 Å². The lowest BCUT2D eigenvalue weighted by Gasteiger charge is -2.04. The minimum absolute atomic E-state index is 0.370. The van der Waals surface area contributed by atoms with E-state index in [1.54, 1.807) is 48.5 Å². The first kappa shape index (κ1) is 19.0. The third kappa shape index (κ3) is 3.91. The standard InChI is InChI=1S/C19H10Cl3N3O2S/c20-10-1-4-12(14(22)9-10)16-7-2-11(27-16)3-8-17(26)23-18-13(21)5-6-15-19(18)25-28-24-15/h1-9H,(H,23,26). The van der Waals surface area contributed by atoms with Gasteiger partial charge in [-0.05, 0) is 48.5 Å². The van der Waals surface area contributed by atoms with Crippen LogP contribution >= 0.6 is 46.5 Å². The van der Waals surface area contributed by atoms with E-state index in [4.69, 9.17) is 39.2 Å². The predicted octanol–water partition coefficient (Wildman–Crippen LogP) is 6.56. The SMILES string of the molecule is O=C(C=Cc1ccc(-c2ccc(Cl)cc2Cl)o1)Nc1c(Cl)ccc2nsnc12. The topological polar surface area (TPSA) is 68.0 Å². The summed E-state index contributed by atoms with van der Waals surface area (Å²) in [4.78, 5) is 12.3. The molecular weight excluding hydrogens is 441 g/mol. The van der Waals surface area contributed by atoms with Crippen LogP contribution in [-0.4, -0.2) is 14.7 Å². The minimum Gasteiger partial charge on any atom is -0.457 e. The van der Waals surface area contributed by atoms with Gasteiger partial charge in [0.1, 0.15) is 22.6 Å². The van der Waals surface area contributed by atoms with Gasteiger partial charge >= 0.3 is 0 Å². The number of anilines is 1. The van der Waals surface area contributed by atoms with Gasteiger partial charge in [0.25, 0.3) is 0 Å². The van der Waals surface area contributed by atoms with Gasteiger partial charge in [0.05, 0.1) is 27.5 Å². The zero-order valence-electron chi connectivity index (χ0n) is 13.9. The number of hydrogen-bond donors (Lipinski definition) is 1. The van der Waals surface area contributed by atoms with E-state index in [-0.39, 0.29) is 5.91 Å². The number of carbonyl (C=O) groups is 1. The molecule has 2 heterocycles. The lowest BCUT2D eigenvalue weighted by atomic mass is 10.2. The van der Waals surface area contributed by atoms with Crippen molar-refractivity contribution < 1.29 is 9.21 Å². The highest BCUT2D eigenvalue weighted by Gasteiger charge is 2.12. The van der Waals surface area contributed by atoms with E-state index in [1.165, 1.54) is 6.08 Å². The van der Waals surface area contributed by atoms with Crippen LogP contribution in [0.2, 0.25) is 15.1 Å². The molecule has 0 aliphatic carbocycles. The van der Waals surface area contributed by atoms with Crippen molar-refractivity contribution in [3.8, 4) is 11.3 Å². The van der Waals surface area contributed by atoms with E-state index in [0.29, 0.717) is 48.9 Å². The summed E-state index contributed by atoms with van der Waals surface area (Å²) in [5.74, 6) is 0.698. The van der Waals surface area contributed by atoms with Gasteiger partial charge in [-0.2, -0.15) is 8.75 Å². The molecule has 0 aliphatic heterocycles. The number of fused-ring (bicyclic) bond motifs is 1. The van der Waals surface area contributed by atoms with Crippen LogP contribution in [0.4, 0.5) is 5.69 Å². The molecule has 28 heavy (non-hydrogen) atoms. The van der Waals surface area contributed by atoms with Crippen molar-refractivity contribution in [3.63, 3.8) is 0 Å². The monoisotopic (exact) mass is 449 g/mol. The molecule has 0 saturated heterocycles. The first-order valence-corrected chi connectivity index (χ1v) is 9.83. The third-order valence-corrected chi connectivity index (χ3v) is 5.25. The second-order valence-corrected chi connectivity index (χ2v) is 7.48. The van der Waals surface area contributed by atoms with Crippen molar-refractivity contribution in [3.05, 3.63) is 69.4 Å². The van der Waals surface area contributed by atoms with Crippen LogP contribution in [-0.2, 0) is 4.79 Å². The maximum atomic E-state index is 12.3. The number of carbonyl (C=O) groups excluding carboxylic acids is 1. The quantitative estimate of drug-likeness (QED) is 0.357. The molecule has 9 heteroatoms. The smallest absolute Gasteiger partial charge is 0.248 e.